The minimum atomic E-state index is -0.637. The van der Waals surface area contributed by atoms with Gasteiger partial charge in [0, 0.05) is 11.8 Å². The summed E-state index contributed by atoms with van der Waals surface area (Å²) in [6.45, 7) is 5.99. The van der Waals surface area contributed by atoms with E-state index in [9.17, 15) is 9.59 Å². The lowest BCUT2D eigenvalue weighted by Gasteiger charge is -2.42. The third-order valence-corrected chi connectivity index (χ3v) is 6.58. The van der Waals surface area contributed by atoms with Crippen molar-refractivity contribution in [3.63, 3.8) is 0 Å². The lowest BCUT2D eigenvalue weighted by atomic mass is 9.71. The fourth-order valence-electron chi connectivity index (χ4n) is 4.86. The Kier molecular flexibility index (Phi) is 6.99. The van der Waals surface area contributed by atoms with E-state index in [2.05, 4.69) is 6.92 Å². The van der Waals surface area contributed by atoms with E-state index in [0.717, 1.165) is 30.2 Å². The van der Waals surface area contributed by atoms with Crippen molar-refractivity contribution in [2.75, 3.05) is 6.61 Å². The Balaban J connectivity index is 1.53. The van der Waals surface area contributed by atoms with Gasteiger partial charge in [0.25, 0.3) is 0 Å². The second-order valence-corrected chi connectivity index (χ2v) is 8.77. The zero-order chi connectivity index (χ0) is 22.7. The Hall–Kier alpha value is -2.60. The van der Waals surface area contributed by atoms with Crippen molar-refractivity contribution < 1.29 is 28.2 Å². The van der Waals surface area contributed by atoms with E-state index in [0.29, 0.717) is 30.8 Å². The van der Waals surface area contributed by atoms with Crippen LogP contribution in [0.4, 0.5) is 0 Å². The first-order valence-corrected chi connectivity index (χ1v) is 11.7. The number of ether oxygens (including phenoxy) is 3. The van der Waals surface area contributed by atoms with Gasteiger partial charge in [-0.1, -0.05) is 38.0 Å². The first-order chi connectivity index (χ1) is 15.5. The summed E-state index contributed by atoms with van der Waals surface area (Å²) < 4.78 is 23.2. The first-order valence-electron chi connectivity index (χ1n) is 11.7. The number of rotatable bonds is 8. The second-order valence-electron chi connectivity index (χ2n) is 8.77. The molecule has 0 amide bonds. The van der Waals surface area contributed by atoms with Crippen molar-refractivity contribution in [2.45, 2.75) is 71.2 Å². The summed E-state index contributed by atoms with van der Waals surface area (Å²) in [7, 11) is 0. The molecule has 172 valence electrons. The van der Waals surface area contributed by atoms with Crippen LogP contribution in [0.5, 0.6) is 0 Å². The number of ketones is 1. The molecule has 2 aromatic rings. The Morgan fingerprint density at radius 1 is 1.22 bits per heavy atom. The minimum Gasteiger partial charge on any atom is -0.496 e. The number of carbonyl (C=O) groups is 2. The molecule has 1 saturated carbocycles. The van der Waals surface area contributed by atoms with Gasteiger partial charge in [0.15, 0.2) is 11.9 Å². The summed E-state index contributed by atoms with van der Waals surface area (Å²) in [5, 5.41) is 0.962. The van der Waals surface area contributed by atoms with Gasteiger partial charge in [-0.25, -0.2) is 4.79 Å². The zero-order valence-electron chi connectivity index (χ0n) is 19.0. The lowest BCUT2D eigenvalue weighted by Crippen LogP contribution is -2.47. The van der Waals surface area contributed by atoms with E-state index in [4.69, 9.17) is 18.6 Å². The lowest BCUT2D eigenvalue weighted by molar-refractivity contribution is -0.168. The van der Waals surface area contributed by atoms with Gasteiger partial charge in [-0.15, -0.1) is 0 Å². The predicted octanol–water partition coefficient (Wildman–Crippen LogP) is 5.29. The number of carbonyl (C=O) groups excluding carboxylic acids is 2. The van der Waals surface area contributed by atoms with Crippen molar-refractivity contribution >= 4 is 28.3 Å². The molecule has 1 aromatic carbocycles. The van der Waals surface area contributed by atoms with Crippen LogP contribution in [0.1, 0.15) is 58.6 Å². The molecule has 1 aromatic heterocycles. The summed E-state index contributed by atoms with van der Waals surface area (Å²) >= 11 is 0. The molecule has 0 saturated heterocycles. The maximum atomic E-state index is 13.5. The number of benzene rings is 1. The summed E-state index contributed by atoms with van der Waals surface area (Å²) in [4.78, 5) is 25.5. The number of para-hydroxylation sites is 1. The largest absolute Gasteiger partial charge is 0.496 e. The highest BCUT2D eigenvalue weighted by Gasteiger charge is 2.46. The van der Waals surface area contributed by atoms with Gasteiger partial charge in [0.2, 0.25) is 0 Å². The Labute approximate surface area is 188 Å². The number of hydrogen-bond donors (Lipinski definition) is 0. The van der Waals surface area contributed by atoms with Crippen LogP contribution in [0.15, 0.2) is 41.0 Å². The quantitative estimate of drug-likeness (QED) is 0.519. The second kappa shape index (κ2) is 9.90. The molecule has 0 bridgehead atoms. The molecule has 1 aliphatic carbocycles. The number of Topliss-reactive ketones (excluding diaryl/α,β-unsaturated/α-hetero) is 1. The van der Waals surface area contributed by atoms with E-state index in [1.807, 2.05) is 30.3 Å². The SMILES string of the molecule is CCCCC1CC2C(=O)C(c3cc4ccccc4o3)=COC2CC1OC(C)C(=O)OCC. The summed E-state index contributed by atoms with van der Waals surface area (Å²) in [5.41, 5.74) is 1.25. The van der Waals surface area contributed by atoms with Crippen LogP contribution in [0.2, 0.25) is 0 Å². The molecule has 6 nitrogen and oxygen atoms in total. The van der Waals surface area contributed by atoms with Crippen LogP contribution in [0, 0.1) is 11.8 Å². The molecule has 32 heavy (non-hydrogen) atoms. The van der Waals surface area contributed by atoms with Crippen LogP contribution in [0.3, 0.4) is 0 Å². The van der Waals surface area contributed by atoms with Crippen LogP contribution in [-0.2, 0) is 23.8 Å². The van der Waals surface area contributed by atoms with Crippen molar-refractivity contribution in [1.82, 2.24) is 0 Å². The third-order valence-electron chi connectivity index (χ3n) is 6.58. The molecule has 1 fully saturated rings. The smallest absolute Gasteiger partial charge is 0.334 e. The van der Waals surface area contributed by atoms with Gasteiger partial charge in [-0.2, -0.15) is 0 Å². The van der Waals surface area contributed by atoms with Gasteiger partial charge in [0.05, 0.1) is 30.5 Å². The van der Waals surface area contributed by atoms with Crippen molar-refractivity contribution in [3.8, 4) is 0 Å². The summed E-state index contributed by atoms with van der Waals surface area (Å²) in [6, 6.07) is 9.61. The molecular weight excluding hydrogens is 408 g/mol. The zero-order valence-corrected chi connectivity index (χ0v) is 19.0. The average molecular weight is 441 g/mol. The van der Waals surface area contributed by atoms with Gasteiger partial charge in [-0.05, 0) is 44.7 Å². The number of unbranched alkanes of at least 4 members (excludes halogenated alkanes) is 1. The molecular formula is C26H32O6. The number of hydrogen-bond acceptors (Lipinski definition) is 6. The number of furan rings is 1. The Bertz CT molecular complexity index is 956. The van der Waals surface area contributed by atoms with E-state index < -0.39 is 6.10 Å². The molecule has 1 aliphatic heterocycles. The molecule has 4 rings (SSSR count). The predicted molar refractivity (Wildman–Crippen MR) is 121 cm³/mol. The topological polar surface area (TPSA) is 75.0 Å². The molecule has 6 heteroatoms. The molecule has 0 radical (unpaired) electrons. The Morgan fingerprint density at radius 2 is 2.03 bits per heavy atom. The van der Waals surface area contributed by atoms with Crippen molar-refractivity contribution in [1.29, 1.82) is 0 Å². The molecule has 0 N–H and O–H groups in total. The van der Waals surface area contributed by atoms with E-state index in [1.54, 1.807) is 20.1 Å². The molecule has 5 unspecified atom stereocenters. The summed E-state index contributed by atoms with van der Waals surface area (Å²) in [6.07, 6.45) is 4.84. The maximum Gasteiger partial charge on any atom is 0.334 e. The van der Waals surface area contributed by atoms with Crippen LogP contribution in [-0.4, -0.2) is 36.7 Å². The number of fused-ring (bicyclic) bond motifs is 2. The number of allylic oxidation sites excluding steroid dienone is 1. The highest BCUT2D eigenvalue weighted by Crippen LogP contribution is 2.42. The van der Waals surface area contributed by atoms with Crippen LogP contribution in [0.25, 0.3) is 16.5 Å². The maximum absolute atomic E-state index is 13.5. The van der Waals surface area contributed by atoms with E-state index in [-0.39, 0.29) is 35.8 Å². The molecule has 2 heterocycles. The molecule has 0 spiro atoms. The fraction of sp³-hybridized carbons (Fsp3) is 0.538. The van der Waals surface area contributed by atoms with E-state index >= 15 is 0 Å². The summed E-state index contributed by atoms with van der Waals surface area (Å²) in [5.74, 6) is 0.225. The van der Waals surface area contributed by atoms with Gasteiger partial charge < -0.3 is 18.6 Å². The standard InChI is InChI=1S/C26H32O6/c1-4-6-9-17-12-19-23(14-22(17)31-16(3)26(28)29-5-2)30-15-20(25(19)27)24-13-18-10-7-8-11-21(18)32-24/h7-8,10-11,13,15-17,19,22-23H,4-6,9,12,14H2,1-3H3. The third kappa shape index (κ3) is 4.60. The van der Waals surface area contributed by atoms with Gasteiger partial charge in [-0.3, -0.25) is 4.79 Å². The first kappa shape index (κ1) is 22.6. The molecule has 5 atom stereocenters. The minimum absolute atomic E-state index is 0.0682. The monoisotopic (exact) mass is 440 g/mol. The Morgan fingerprint density at radius 3 is 2.78 bits per heavy atom. The number of esters is 1. The molecule has 2 aliphatic rings. The van der Waals surface area contributed by atoms with Crippen LogP contribution >= 0.6 is 0 Å². The van der Waals surface area contributed by atoms with Gasteiger partial charge >= 0.3 is 5.97 Å². The van der Waals surface area contributed by atoms with Gasteiger partial charge in [0.1, 0.15) is 17.4 Å². The van der Waals surface area contributed by atoms with Crippen molar-refractivity contribution in [2.24, 2.45) is 11.8 Å². The average Bonchev–Trinajstić information content (AvgIpc) is 3.22. The highest BCUT2D eigenvalue weighted by molar-refractivity contribution is 6.22. The normalized spacial score (nSPS) is 26.2. The highest BCUT2D eigenvalue weighted by atomic mass is 16.6. The van der Waals surface area contributed by atoms with Crippen molar-refractivity contribution in [3.05, 3.63) is 42.4 Å². The fourth-order valence-corrected chi connectivity index (χ4v) is 4.86. The van der Waals surface area contributed by atoms with Crippen LogP contribution < -0.4 is 0 Å². The van der Waals surface area contributed by atoms with E-state index in [1.165, 1.54) is 0 Å².